The van der Waals surface area contributed by atoms with E-state index >= 15 is 0 Å². The van der Waals surface area contributed by atoms with E-state index in [1.165, 1.54) is 0 Å². The molecule has 19 heavy (non-hydrogen) atoms. The predicted molar refractivity (Wildman–Crippen MR) is 73.9 cm³/mol. The van der Waals surface area contributed by atoms with E-state index in [1.807, 2.05) is 0 Å². The second-order valence-electron chi connectivity index (χ2n) is 3.91. The summed E-state index contributed by atoms with van der Waals surface area (Å²) in [6.45, 7) is 0. The fraction of sp³-hybridized carbons (Fsp3) is 0.133. The van der Waals surface area contributed by atoms with Crippen LogP contribution in [0.4, 0.5) is 5.69 Å². The molecule has 0 heterocycles. The molecule has 4 heteroatoms. The summed E-state index contributed by atoms with van der Waals surface area (Å²) in [7, 11) is 3.17. The van der Waals surface area contributed by atoms with Crippen LogP contribution in [0.15, 0.2) is 48.5 Å². The Hall–Kier alpha value is -2.49. The number of anilines is 1. The summed E-state index contributed by atoms with van der Waals surface area (Å²) in [4.78, 5) is 12.0. The lowest BCUT2D eigenvalue weighted by atomic mass is 10.2. The summed E-state index contributed by atoms with van der Waals surface area (Å²) in [5.74, 6) is 1.23. The normalized spacial score (nSPS) is 9.79. The van der Waals surface area contributed by atoms with Crippen LogP contribution in [0.3, 0.4) is 0 Å². The molecule has 1 N–H and O–H groups in total. The Morgan fingerprint density at radius 2 is 1.63 bits per heavy atom. The average molecular weight is 257 g/mol. The molecule has 98 valence electrons. The van der Waals surface area contributed by atoms with Crippen molar-refractivity contribution < 1.29 is 14.3 Å². The number of carbonyl (C=O) groups is 1. The number of carbonyl (C=O) groups excluding carboxylic acids is 1. The van der Waals surface area contributed by atoms with Crippen molar-refractivity contribution in [2.24, 2.45) is 0 Å². The molecule has 0 radical (unpaired) electrons. The lowest BCUT2D eigenvalue weighted by Gasteiger charge is -2.07. The van der Waals surface area contributed by atoms with Gasteiger partial charge in [0.1, 0.15) is 11.5 Å². The smallest absolute Gasteiger partial charge is 0.255 e. The first-order valence-corrected chi connectivity index (χ1v) is 5.82. The number of amides is 1. The molecule has 2 aromatic rings. The van der Waals surface area contributed by atoms with Crippen LogP contribution in [-0.2, 0) is 0 Å². The number of nitrogens with one attached hydrogen (secondary N) is 1. The largest absolute Gasteiger partial charge is 0.497 e. The number of benzene rings is 2. The van der Waals surface area contributed by atoms with Crippen LogP contribution >= 0.6 is 0 Å². The molecule has 2 rings (SSSR count). The number of hydrogen-bond acceptors (Lipinski definition) is 3. The number of rotatable bonds is 4. The van der Waals surface area contributed by atoms with Gasteiger partial charge in [0.05, 0.1) is 14.2 Å². The minimum atomic E-state index is -0.177. The third-order valence-corrected chi connectivity index (χ3v) is 2.68. The van der Waals surface area contributed by atoms with Gasteiger partial charge in [0.25, 0.3) is 5.91 Å². The summed E-state index contributed by atoms with van der Waals surface area (Å²) in [5.41, 5.74) is 1.27. The average Bonchev–Trinajstić information content (AvgIpc) is 2.48. The van der Waals surface area contributed by atoms with E-state index in [-0.39, 0.29) is 5.91 Å². The zero-order chi connectivity index (χ0) is 13.7. The van der Waals surface area contributed by atoms with Crippen molar-refractivity contribution >= 4 is 11.6 Å². The van der Waals surface area contributed by atoms with E-state index in [4.69, 9.17) is 9.47 Å². The molecule has 0 saturated heterocycles. The maximum atomic E-state index is 12.0. The van der Waals surface area contributed by atoms with Crippen LogP contribution in [0.25, 0.3) is 0 Å². The summed E-state index contributed by atoms with van der Waals surface area (Å²) in [6, 6.07) is 14.2. The number of hydrogen-bond donors (Lipinski definition) is 1. The molecule has 0 saturated carbocycles. The highest BCUT2D eigenvalue weighted by Crippen LogP contribution is 2.17. The van der Waals surface area contributed by atoms with Gasteiger partial charge in [-0.05, 0) is 42.5 Å². The molecule has 0 aromatic heterocycles. The van der Waals surface area contributed by atoms with Crippen molar-refractivity contribution in [1.82, 2.24) is 0 Å². The predicted octanol–water partition coefficient (Wildman–Crippen LogP) is 2.96. The maximum Gasteiger partial charge on any atom is 0.255 e. The van der Waals surface area contributed by atoms with Crippen LogP contribution in [0.5, 0.6) is 11.5 Å². The van der Waals surface area contributed by atoms with Gasteiger partial charge >= 0.3 is 0 Å². The van der Waals surface area contributed by atoms with Crippen molar-refractivity contribution in [3.8, 4) is 11.5 Å². The highest BCUT2D eigenvalue weighted by Gasteiger charge is 2.07. The first kappa shape index (κ1) is 13.0. The molecule has 0 aliphatic rings. The SMILES string of the molecule is COc1ccc(NC(=O)c2cccc(OC)c2)cc1. The fourth-order valence-corrected chi connectivity index (χ4v) is 1.64. The molecule has 1 amide bonds. The van der Waals surface area contributed by atoms with E-state index in [1.54, 1.807) is 62.8 Å². The van der Waals surface area contributed by atoms with Gasteiger partial charge in [0.15, 0.2) is 0 Å². The van der Waals surface area contributed by atoms with E-state index in [0.29, 0.717) is 17.0 Å². The Balaban J connectivity index is 2.11. The van der Waals surface area contributed by atoms with Crippen LogP contribution in [-0.4, -0.2) is 20.1 Å². The van der Waals surface area contributed by atoms with Gasteiger partial charge in [0, 0.05) is 11.3 Å². The van der Waals surface area contributed by atoms with Crippen molar-refractivity contribution in [3.05, 3.63) is 54.1 Å². The van der Waals surface area contributed by atoms with Crippen molar-refractivity contribution in [3.63, 3.8) is 0 Å². The second kappa shape index (κ2) is 5.91. The molecule has 0 unspecified atom stereocenters. The molecule has 0 aliphatic carbocycles. The van der Waals surface area contributed by atoms with Gasteiger partial charge in [-0.15, -0.1) is 0 Å². The summed E-state index contributed by atoms with van der Waals surface area (Å²) in [6.07, 6.45) is 0. The van der Waals surface area contributed by atoms with Crippen molar-refractivity contribution in [1.29, 1.82) is 0 Å². The Labute approximate surface area is 112 Å². The summed E-state index contributed by atoms with van der Waals surface area (Å²) < 4.78 is 10.1. The van der Waals surface area contributed by atoms with E-state index in [9.17, 15) is 4.79 Å². The van der Waals surface area contributed by atoms with Gasteiger partial charge in [0.2, 0.25) is 0 Å². The molecular weight excluding hydrogens is 242 g/mol. The van der Waals surface area contributed by atoms with Gasteiger partial charge in [-0.25, -0.2) is 0 Å². The standard InChI is InChI=1S/C15H15NO3/c1-18-13-8-6-12(7-9-13)16-15(17)11-4-3-5-14(10-11)19-2/h3-10H,1-2H3,(H,16,17). The van der Waals surface area contributed by atoms with E-state index in [2.05, 4.69) is 5.32 Å². The van der Waals surface area contributed by atoms with Crippen molar-refractivity contribution in [2.45, 2.75) is 0 Å². The first-order valence-electron chi connectivity index (χ1n) is 5.82. The van der Waals surface area contributed by atoms with Gasteiger partial charge in [-0.2, -0.15) is 0 Å². The van der Waals surface area contributed by atoms with E-state index < -0.39 is 0 Å². The van der Waals surface area contributed by atoms with Gasteiger partial charge < -0.3 is 14.8 Å². The van der Waals surface area contributed by atoms with Crippen LogP contribution in [0, 0.1) is 0 Å². The van der Waals surface area contributed by atoms with Crippen LogP contribution in [0.2, 0.25) is 0 Å². The third kappa shape index (κ3) is 3.25. The monoisotopic (exact) mass is 257 g/mol. The Kier molecular flexibility index (Phi) is 4.03. The topological polar surface area (TPSA) is 47.6 Å². The quantitative estimate of drug-likeness (QED) is 0.916. The molecule has 0 spiro atoms. The third-order valence-electron chi connectivity index (χ3n) is 2.68. The maximum absolute atomic E-state index is 12.0. The molecule has 0 aliphatic heterocycles. The molecule has 4 nitrogen and oxygen atoms in total. The van der Waals surface area contributed by atoms with E-state index in [0.717, 1.165) is 5.75 Å². The van der Waals surface area contributed by atoms with Crippen molar-refractivity contribution in [2.75, 3.05) is 19.5 Å². The van der Waals surface area contributed by atoms with Gasteiger partial charge in [-0.3, -0.25) is 4.79 Å². The molecule has 2 aromatic carbocycles. The molecular formula is C15H15NO3. The van der Waals surface area contributed by atoms with Crippen LogP contribution in [0.1, 0.15) is 10.4 Å². The Morgan fingerprint density at radius 1 is 0.947 bits per heavy atom. The van der Waals surface area contributed by atoms with Crippen LogP contribution < -0.4 is 14.8 Å². The first-order chi connectivity index (χ1) is 9.22. The molecule has 0 atom stereocenters. The Morgan fingerprint density at radius 3 is 2.26 bits per heavy atom. The molecule has 0 bridgehead atoms. The highest BCUT2D eigenvalue weighted by atomic mass is 16.5. The minimum Gasteiger partial charge on any atom is -0.497 e. The minimum absolute atomic E-state index is 0.177. The highest BCUT2D eigenvalue weighted by molar-refractivity contribution is 6.04. The zero-order valence-electron chi connectivity index (χ0n) is 10.8. The fourth-order valence-electron chi connectivity index (χ4n) is 1.64. The number of ether oxygens (including phenoxy) is 2. The lowest BCUT2D eigenvalue weighted by Crippen LogP contribution is -2.11. The summed E-state index contributed by atoms with van der Waals surface area (Å²) >= 11 is 0. The number of methoxy groups -OCH3 is 2. The molecule has 0 fully saturated rings. The summed E-state index contributed by atoms with van der Waals surface area (Å²) in [5, 5.41) is 2.81. The second-order valence-corrected chi connectivity index (χ2v) is 3.91. The van der Waals surface area contributed by atoms with Gasteiger partial charge in [-0.1, -0.05) is 6.07 Å². The lowest BCUT2D eigenvalue weighted by molar-refractivity contribution is 0.102. The zero-order valence-corrected chi connectivity index (χ0v) is 10.8. The Bertz CT molecular complexity index is 564.